The van der Waals surface area contributed by atoms with Gasteiger partial charge in [0.25, 0.3) is 0 Å². The molecule has 7 heteroatoms. The van der Waals surface area contributed by atoms with Crippen LogP contribution in [0.4, 0.5) is 0 Å². The predicted octanol–water partition coefficient (Wildman–Crippen LogP) is -1.07. The van der Waals surface area contributed by atoms with Gasteiger partial charge in [-0.1, -0.05) is 0 Å². The smallest absolute Gasteiger partial charge is 0.216 e. The Morgan fingerprint density at radius 2 is 1.88 bits per heavy atom. The third-order valence-electron chi connectivity index (χ3n) is 2.86. The maximum atomic E-state index is 11.9. The van der Waals surface area contributed by atoms with Crippen LogP contribution in [0.25, 0.3) is 0 Å². The van der Waals surface area contributed by atoms with E-state index in [1.165, 1.54) is 0 Å². The Hall–Kier alpha value is -0.210. The van der Waals surface area contributed by atoms with Crippen molar-refractivity contribution in [3.63, 3.8) is 0 Å². The minimum absolute atomic E-state index is 0.0811. The molecule has 1 saturated heterocycles. The van der Waals surface area contributed by atoms with Crippen LogP contribution in [0, 0.1) is 0 Å². The van der Waals surface area contributed by atoms with Crippen LogP contribution in [0.1, 0.15) is 6.92 Å². The number of piperazine rings is 1. The first-order valence-corrected chi connectivity index (χ1v) is 7.69. The van der Waals surface area contributed by atoms with Crippen molar-refractivity contribution in [1.82, 2.24) is 9.21 Å². The summed E-state index contributed by atoms with van der Waals surface area (Å²) in [7, 11) is -3.14. The second kappa shape index (κ2) is 7.27. The first kappa shape index (κ1) is 14.8. The summed E-state index contributed by atoms with van der Waals surface area (Å²) in [5.41, 5.74) is 5.47. The van der Waals surface area contributed by atoms with Crippen molar-refractivity contribution in [2.24, 2.45) is 5.73 Å². The summed E-state index contributed by atoms with van der Waals surface area (Å²) in [4.78, 5) is 2.19. The Balaban J connectivity index is 2.36. The van der Waals surface area contributed by atoms with Crippen molar-refractivity contribution in [1.29, 1.82) is 0 Å². The van der Waals surface area contributed by atoms with Gasteiger partial charge in [-0.05, 0) is 6.92 Å². The highest BCUT2D eigenvalue weighted by atomic mass is 32.2. The summed E-state index contributed by atoms with van der Waals surface area (Å²) in [6.45, 7) is 6.82. The molecular weight excluding hydrogens is 242 g/mol. The van der Waals surface area contributed by atoms with Crippen molar-refractivity contribution in [2.45, 2.75) is 6.92 Å². The molecule has 0 saturated carbocycles. The fourth-order valence-corrected chi connectivity index (χ4v) is 3.16. The topological polar surface area (TPSA) is 75.9 Å². The second-order valence-corrected chi connectivity index (χ2v) is 6.13. The van der Waals surface area contributed by atoms with Crippen molar-refractivity contribution >= 4 is 10.0 Å². The van der Waals surface area contributed by atoms with Gasteiger partial charge in [0.2, 0.25) is 10.0 Å². The van der Waals surface area contributed by atoms with Crippen LogP contribution in [0.5, 0.6) is 0 Å². The summed E-state index contributed by atoms with van der Waals surface area (Å²) in [6.07, 6.45) is 0. The van der Waals surface area contributed by atoms with Crippen LogP contribution < -0.4 is 5.73 Å². The molecule has 0 aromatic heterocycles. The largest absolute Gasteiger partial charge is 0.381 e. The predicted molar refractivity (Wildman–Crippen MR) is 67.3 cm³/mol. The van der Waals surface area contributed by atoms with E-state index in [-0.39, 0.29) is 12.4 Å². The van der Waals surface area contributed by atoms with Gasteiger partial charge in [0, 0.05) is 45.9 Å². The quantitative estimate of drug-likeness (QED) is 0.593. The Morgan fingerprint density at radius 1 is 1.24 bits per heavy atom. The summed E-state index contributed by atoms with van der Waals surface area (Å²) < 4.78 is 30.5. The highest BCUT2D eigenvalue weighted by Gasteiger charge is 2.26. The Kier molecular flexibility index (Phi) is 6.35. The molecule has 0 aromatic carbocycles. The maximum absolute atomic E-state index is 11.9. The van der Waals surface area contributed by atoms with Gasteiger partial charge in [-0.2, -0.15) is 4.31 Å². The highest BCUT2D eigenvalue weighted by Crippen LogP contribution is 2.07. The van der Waals surface area contributed by atoms with E-state index in [1.54, 1.807) is 4.31 Å². The minimum Gasteiger partial charge on any atom is -0.381 e. The van der Waals surface area contributed by atoms with Crippen molar-refractivity contribution < 1.29 is 13.2 Å². The molecule has 0 aromatic rings. The molecule has 1 aliphatic rings. The third kappa shape index (κ3) is 4.89. The van der Waals surface area contributed by atoms with E-state index in [9.17, 15) is 8.42 Å². The van der Waals surface area contributed by atoms with Gasteiger partial charge in [-0.15, -0.1) is 0 Å². The van der Waals surface area contributed by atoms with Gasteiger partial charge in [-0.3, -0.25) is 4.90 Å². The molecule has 0 radical (unpaired) electrons. The number of ether oxygens (including phenoxy) is 1. The first-order chi connectivity index (χ1) is 8.10. The Morgan fingerprint density at radius 3 is 2.41 bits per heavy atom. The van der Waals surface area contributed by atoms with E-state index in [4.69, 9.17) is 10.5 Å². The van der Waals surface area contributed by atoms with Crippen LogP contribution in [-0.4, -0.2) is 75.9 Å². The van der Waals surface area contributed by atoms with Crippen LogP contribution >= 0.6 is 0 Å². The zero-order valence-corrected chi connectivity index (χ0v) is 11.3. The molecule has 1 heterocycles. The number of nitrogens with two attached hydrogens (primary N) is 1. The SMILES string of the molecule is CCOCCS(=O)(=O)N1CCN(CCN)CC1. The van der Waals surface area contributed by atoms with E-state index >= 15 is 0 Å². The average Bonchev–Trinajstić information content (AvgIpc) is 2.30. The third-order valence-corrected chi connectivity index (χ3v) is 4.69. The lowest BCUT2D eigenvalue weighted by atomic mass is 10.3. The van der Waals surface area contributed by atoms with Gasteiger partial charge in [0.15, 0.2) is 0 Å². The molecule has 0 atom stereocenters. The van der Waals surface area contributed by atoms with E-state index in [0.29, 0.717) is 26.2 Å². The van der Waals surface area contributed by atoms with Crippen LogP contribution in [0.2, 0.25) is 0 Å². The van der Waals surface area contributed by atoms with E-state index in [2.05, 4.69) is 4.90 Å². The van der Waals surface area contributed by atoms with E-state index in [0.717, 1.165) is 19.6 Å². The van der Waals surface area contributed by atoms with Crippen LogP contribution in [0.15, 0.2) is 0 Å². The van der Waals surface area contributed by atoms with Gasteiger partial charge in [-0.25, -0.2) is 8.42 Å². The molecule has 2 N–H and O–H groups in total. The fraction of sp³-hybridized carbons (Fsp3) is 1.00. The molecule has 1 rings (SSSR count). The van der Waals surface area contributed by atoms with Crippen molar-refractivity contribution in [2.75, 3.05) is 58.2 Å². The van der Waals surface area contributed by atoms with Gasteiger partial charge in [0.1, 0.15) is 0 Å². The van der Waals surface area contributed by atoms with Crippen LogP contribution in [-0.2, 0) is 14.8 Å². The molecular formula is C10H23N3O3S. The lowest BCUT2D eigenvalue weighted by molar-refractivity contribution is 0.159. The van der Waals surface area contributed by atoms with E-state index in [1.807, 2.05) is 6.92 Å². The zero-order valence-electron chi connectivity index (χ0n) is 10.5. The molecule has 0 amide bonds. The van der Waals surface area contributed by atoms with E-state index < -0.39 is 10.0 Å². The number of nitrogens with zero attached hydrogens (tertiary/aromatic N) is 2. The second-order valence-electron chi connectivity index (χ2n) is 4.04. The van der Waals surface area contributed by atoms with Gasteiger partial charge < -0.3 is 10.5 Å². The van der Waals surface area contributed by atoms with Gasteiger partial charge >= 0.3 is 0 Å². The number of rotatable bonds is 7. The molecule has 1 aliphatic heterocycles. The average molecular weight is 265 g/mol. The molecule has 0 spiro atoms. The number of hydrogen-bond acceptors (Lipinski definition) is 5. The standard InChI is InChI=1S/C10H23N3O3S/c1-2-16-9-10-17(14,15)13-7-5-12(4-3-11)6-8-13/h2-11H2,1H3. The summed E-state index contributed by atoms with van der Waals surface area (Å²) >= 11 is 0. The molecule has 17 heavy (non-hydrogen) atoms. The Labute approximate surface area is 104 Å². The highest BCUT2D eigenvalue weighted by molar-refractivity contribution is 7.89. The van der Waals surface area contributed by atoms with Crippen molar-refractivity contribution in [3.05, 3.63) is 0 Å². The number of hydrogen-bond donors (Lipinski definition) is 1. The summed E-state index contributed by atoms with van der Waals surface area (Å²) in [5, 5.41) is 0. The van der Waals surface area contributed by atoms with Crippen molar-refractivity contribution in [3.8, 4) is 0 Å². The summed E-state index contributed by atoms with van der Waals surface area (Å²) in [5.74, 6) is 0.0811. The molecule has 0 bridgehead atoms. The molecule has 6 nitrogen and oxygen atoms in total. The fourth-order valence-electron chi connectivity index (χ4n) is 1.85. The first-order valence-electron chi connectivity index (χ1n) is 6.08. The lowest BCUT2D eigenvalue weighted by Gasteiger charge is -2.33. The molecule has 102 valence electrons. The Bertz CT molecular complexity index is 300. The number of sulfonamides is 1. The maximum Gasteiger partial charge on any atom is 0.216 e. The lowest BCUT2D eigenvalue weighted by Crippen LogP contribution is -2.50. The molecule has 0 aliphatic carbocycles. The monoisotopic (exact) mass is 265 g/mol. The normalized spacial score (nSPS) is 19.6. The minimum atomic E-state index is -3.14. The summed E-state index contributed by atoms with van der Waals surface area (Å²) in [6, 6.07) is 0. The van der Waals surface area contributed by atoms with Gasteiger partial charge in [0.05, 0.1) is 12.4 Å². The van der Waals surface area contributed by atoms with Crippen LogP contribution in [0.3, 0.4) is 0 Å². The molecule has 0 unspecified atom stereocenters. The zero-order chi connectivity index (χ0) is 12.7. The molecule has 1 fully saturated rings.